The number of benzene rings is 1. The molecule has 0 saturated carbocycles. The maximum atomic E-state index is 11.0. The molecule has 0 amide bonds. The van der Waals surface area contributed by atoms with Crippen LogP contribution in [0, 0.1) is 0 Å². The molecular weight excluding hydrogens is 240 g/mol. The number of hydrogen-bond donors (Lipinski definition) is 3. The molecule has 0 aromatic heterocycles. The number of nitrogens with one attached hydrogen (secondary N) is 1. The Balaban J connectivity index is 2.52. The molecule has 0 bridgehead atoms. The Kier molecular flexibility index (Phi) is 6.19. The minimum Gasteiger partial charge on any atom is -0.478 e. The lowest BCUT2D eigenvalue weighted by molar-refractivity contribution is 0.0698. The summed E-state index contributed by atoms with van der Waals surface area (Å²) in [5.41, 5.74) is 6.90. The van der Waals surface area contributed by atoms with Crippen LogP contribution >= 0.6 is 0 Å². The van der Waals surface area contributed by atoms with Gasteiger partial charge >= 0.3 is 5.97 Å². The van der Waals surface area contributed by atoms with Crippen LogP contribution in [0.5, 0.6) is 0 Å². The fraction of sp³-hybridized carbons (Fsp3) is 0.533. The smallest absolute Gasteiger partial charge is 0.337 e. The van der Waals surface area contributed by atoms with Crippen LogP contribution in [0.3, 0.4) is 0 Å². The van der Waals surface area contributed by atoms with E-state index in [1.54, 1.807) is 12.1 Å². The lowest BCUT2D eigenvalue weighted by Crippen LogP contribution is -2.15. The van der Waals surface area contributed by atoms with E-state index in [2.05, 4.69) is 19.2 Å². The van der Waals surface area contributed by atoms with Crippen LogP contribution < -0.4 is 11.1 Å². The van der Waals surface area contributed by atoms with Crippen LogP contribution in [-0.4, -0.2) is 17.1 Å². The summed E-state index contributed by atoms with van der Waals surface area (Å²) in [7, 11) is 0. The number of rotatable bonds is 8. The van der Waals surface area contributed by atoms with Gasteiger partial charge in [0.1, 0.15) is 0 Å². The Morgan fingerprint density at radius 3 is 2.74 bits per heavy atom. The number of carboxylic acids is 1. The van der Waals surface area contributed by atoms with E-state index in [-0.39, 0.29) is 5.56 Å². The molecule has 19 heavy (non-hydrogen) atoms. The highest BCUT2D eigenvalue weighted by molar-refractivity contribution is 5.94. The van der Waals surface area contributed by atoms with Gasteiger partial charge in [-0.3, -0.25) is 0 Å². The lowest BCUT2D eigenvalue weighted by atomic mass is 10.1. The first-order valence-electron chi connectivity index (χ1n) is 6.94. The van der Waals surface area contributed by atoms with Crippen molar-refractivity contribution in [2.75, 3.05) is 11.1 Å². The second kappa shape index (κ2) is 7.67. The van der Waals surface area contributed by atoms with Crippen molar-refractivity contribution < 1.29 is 9.90 Å². The third-order valence-electron chi connectivity index (χ3n) is 3.19. The number of anilines is 2. The van der Waals surface area contributed by atoms with Crippen LogP contribution in [-0.2, 0) is 0 Å². The van der Waals surface area contributed by atoms with E-state index < -0.39 is 5.97 Å². The normalized spacial score (nSPS) is 12.1. The second-order valence-electron chi connectivity index (χ2n) is 5.00. The predicted molar refractivity (Wildman–Crippen MR) is 79.7 cm³/mol. The van der Waals surface area contributed by atoms with E-state index in [4.69, 9.17) is 10.8 Å². The molecule has 1 atom stereocenters. The van der Waals surface area contributed by atoms with E-state index >= 15 is 0 Å². The first-order chi connectivity index (χ1) is 9.04. The van der Waals surface area contributed by atoms with Crippen molar-refractivity contribution in [2.45, 2.75) is 52.0 Å². The van der Waals surface area contributed by atoms with Crippen molar-refractivity contribution in [2.24, 2.45) is 0 Å². The number of nitrogens with two attached hydrogens (primary N) is 1. The number of aromatic carboxylic acids is 1. The van der Waals surface area contributed by atoms with E-state index in [0.29, 0.717) is 11.7 Å². The molecule has 0 saturated heterocycles. The molecule has 0 radical (unpaired) electrons. The van der Waals surface area contributed by atoms with Crippen molar-refractivity contribution in [1.82, 2.24) is 0 Å². The van der Waals surface area contributed by atoms with Crippen molar-refractivity contribution in [3.8, 4) is 0 Å². The first-order valence-corrected chi connectivity index (χ1v) is 6.94. The summed E-state index contributed by atoms with van der Waals surface area (Å²) in [5, 5.41) is 12.3. The van der Waals surface area contributed by atoms with Gasteiger partial charge in [0.2, 0.25) is 0 Å². The van der Waals surface area contributed by atoms with Gasteiger partial charge in [0.15, 0.2) is 0 Å². The zero-order valence-electron chi connectivity index (χ0n) is 11.8. The third-order valence-corrected chi connectivity index (χ3v) is 3.19. The van der Waals surface area contributed by atoms with E-state index in [9.17, 15) is 4.79 Å². The fourth-order valence-corrected chi connectivity index (χ4v) is 2.07. The van der Waals surface area contributed by atoms with Gasteiger partial charge < -0.3 is 16.2 Å². The van der Waals surface area contributed by atoms with Gasteiger partial charge in [0, 0.05) is 17.4 Å². The Morgan fingerprint density at radius 1 is 1.37 bits per heavy atom. The van der Waals surface area contributed by atoms with Crippen LogP contribution in [0.15, 0.2) is 18.2 Å². The van der Waals surface area contributed by atoms with Crippen LogP contribution in [0.4, 0.5) is 11.4 Å². The largest absolute Gasteiger partial charge is 0.478 e. The van der Waals surface area contributed by atoms with Crippen molar-refractivity contribution in [3.05, 3.63) is 23.8 Å². The predicted octanol–water partition coefficient (Wildman–Crippen LogP) is 3.74. The molecule has 1 aromatic carbocycles. The molecule has 4 heteroatoms. The maximum Gasteiger partial charge on any atom is 0.337 e. The quantitative estimate of drug-likeness (QED) is 0.494. The molecule has 0 fully saturated rings. The minimum absolute atomic E-state index is 0.156. The standard InChI is InChI=1S/C15H24N2O2/c1-3-4-5-6-7-11(2)17-12-8-9-14(16)13(10-12)15(18)19/h8-11,17H,3-7,16H2,1-2H3,(H,18,19). The zero-order valence-corrected chi connectivity index (χ0v) is 11.8. The highest BCUT2D eigenvalue weighted by Gasteiger charge is 2.09. The van der Waals surface area contributed by atoms with Gasteiger partial charge in [-0.1, -0.05) is 32.6 Å². The van der Waals surface area contributed by atoms with Gasteiger partial charge in [0.25, 0.3) is 0 Å². The summed E-state index contributed by atoms with van der Waals surface area (Å²) in [5.74, 6) is -0.989. The van der Waals surface area contributed by atoms with Crippen molar-refractivity contribution >= 4 is 17.3 Å². The summed E-state index contributed by atoms with van der Waals surface area (Å²) >= 11 is 0. The zero-order chi connectivity index (χ0) is 14.3. The van der Waals surface area contributed by atoms with Crippen molar-refractivity contribution in [3.63, 3.8) is 0 Å². The van der Waals surface area contributed by atoms with Gasteiger partial charge in [-0.05, 0) is 31.5 Å². The minimum atomic E-state index is -0.989. The Bertz CT molecular complexity index is 419. The van der Waals surface area contributed by atoms with Gasteiger partial charge in [-0.2, -0.15) is 0 Å². The highest BCUT2D eigenvalue weighted by Crippen LogP contribution is 2.19. The first kappa shape index (κ1) is 15.3. The average Bonchev–Trinajstić information content (AvgIpc) is 2.36. The summed E-state index contributed by atoms with van der Waals surface area (Å²) in [6.07, 6.45) is 6.06. The fourth-order valence-electron chi connectivity index (χ4n) is 2.07. The number of hydrogen-bond acceptors (Lipinski definition) is 3. The van der Waals surface area contributed by atoms with Gasteiger partial charge in [0.05, 0.1) is 5.56 Å². The van der Waals surface area contributed by atoms with Crippen LogP contribution in [0.25, 0.3) is 0 Å². The molecule has 0 aliphatic heterocycles. The summed E-state index contributed by atoms with van der Waals surface area (Å²) < 4.78 is 0. The molecule has 106 valence electrons. The van der Waals surface area contributed by atoms with Crippen LogP contribution in [0.2, 0.25) is 0 Å². The molecule has 4 N–H and O–H groups in total. The van der Waals surface area contributed by atoms with Crippen LogP contribution in [0.1, 0.15) is 56.3 Å². The summed E-state index contributed by atoms with van der Waals surface area (Å²) in [6, 6.07) is 5.39. The Hall–Kier alpha value is -1.71. The van der Waals surface area contributed by atoms with Gasteiger partial charge in [-0.15, -0.1) is 0 Å². The van der Waals surface area contributed by atoms with E-state index in [1.165, 1.54) is 25.7 Å². The molecule has 0 heterocycles. The van der Waals surface area contributed by atoms with E-state index in [0.717, 1.165) is 12.1 Å². The number of carboxylic acid groups (broad SMARTS) is 1. The molecule has 0 spiro atoms. The Morgan fingerprint density at radius 2 is 2.11 bits per heavy atom. The summed E-state index contributed by atoms with van der Waals surface area (Å²) in [6.45, 7) is 4.31. The molecular formula is C15H24N2O2. The molecule has 1 unspecified atom stereocenters. The third kappa shape index (κ3) is 5.20. The SMILES string of the molecule is CCCCCCC(C)Nc1ccc(N)c(C(=O)O)c1. The number of unbranched alkanes of at least 4 members (excludes halogenated alkanes) is 3. The second-order valence-corrected chi connectivity index (χ2v) is 5.00. The van der Waals surface area contributed by atoms with Gasteiger partial charge in [-0.25, -0.2) is 4.79 Å². The van der Waals surface area contributed by atoms with Crippen molar-refractivity contribution in [1.29, 1.82) is 0 Å². The molecule has 0 aliphatic rings. The summed E-state index contributed by atoms with van der Waals surface area (Å²) in [4.78, 5) is 11.0. The lowest BCUT2D eigenvalue weighted by Gasteiger charge is -2.16. The number of nitrogen functional groups attached to an aromatic ring is 1. The molecule has 0 aliphatic carbocycles. The van der Waals surface area contributed by atoms with E-state index in [1.807, 2.05) is 6.07 Å². The highest BCUT2D eigenvalue weighted by atomic mass is 16.4. The molecule has 4 nitrogen and oxygen atoms in total. The topological polar surface area (TPSA) is 75.3 Å². The monoisotopic (exact) mass is 264 g/mol. The molecule has 1 aromatic rings. The maximum absolute atomic E-state index is 11.0. The Labute approximate surface area is 115 Å². The number of carbonyl (C=O) groups is 1. The molecule has 1 rings (SSSR count). The average molecular weight is 264 g/mol.